The third-order valence-corrected chi connectivity index (χ3v) is 3.49. The lowest BCUT2D eigenvalue weighted by molar-refractivity contribution is 0.276. The average Bonchev–Trinajstić information content (AvgIpc) is 2.63. The standard InChI is InChI=1S/C17H29N5O2.C2H6/c1-5-6-14(7-8-23)21-16-15(10-20-17(18)22-16)24-11-12(2)9-13(3)19-4;1-2/h9-10,14,23H,5-8,11H2,1-4H3,(H3,18,20,21,22);1-2H3/b12-9+,19-13?;. The quantitative estimate of drug-likeness (QED) is 0.548. The molecule has 148 valence electrons. The first-order valence-corrected chi connectivity index (χ1v) is 9.23. The number of aromatic nitrogens is 2. The summed E-state index contributed by atoms with van der Waals surface area (Å²) in [6.07, 6.45) is 6.11. The van der Waals surface area contributed by atoms with E-state index in [4.69, 9.17) is 10.5 Å². The average molecular weight is 366 g/mol. The normalized spacial score (nSPS) is 12.9. The number of hydrogen-bond donors (Lipinski definition) is 3. The summed E-state index contributed by atoms with van der Waals surface area (Å²) in [7, 11) is 1.75. The smallest absolute Gasteiger partial charge is 0.222 e. The van der Waals surface area contributed by atoms with Crippen molar-refractivity contribution in [2.45, 2.75) is 59.9 Å². The summed E-state index contributed by atoms with van der Waals surface area (Å²) in [6, 6.07) is 0.114. The van der Waals surface area contributed by atoms with E-state index in [1.165, 1.54) is 0 Å². The van der Waals surface area contributed by atoms with Crippen LogP contribution < -0.4 is 15.8 Å². The molecule has 4 N–H and O–H groups in total. The van der Waals surface area contributed by atoms with Crippen LogP contribution in [0.3, 0.4) is 0 Å². The number of aliphatic hydroxyl groups is 1. The van der Waals surface area contributed by atoms with Crippen LogP contribution in [0.4, 0.5) is 11.8 Å². The highest BCUT2D eigenvalue weighted by Crippen LogP contribution is 2.24. The van der Waals surface area contributed by atoms with Crippen LogP contribution in [0.2, 0.25) is 0 Å². The molecule has 0 saturated heterocycles. The second kappa shape index (κ2) is 14.1. The molecule has 26 heavy (non-hydrogen) atoms. The molecule has 7 heteroatoms. The van der Waals surface area contributed by atoms with Crippen molar-refractivity contribution >= 4 is 17.5 Å². The minimum absolute atomic E-state index is 0.114. The molecule has 7 nitrogen and oxygen atoms in total. The first-order chi connectivity index (χ1) is 12.5. The summed E-state index contributed by atoms with van der Waals surface area (Å²) in [4.78, 5) is 12.3. The van der Waals surface area contributed by atoms with Gasteiger partial charge in [-0.3, -0.25) is 4.99 Å². The van der Waals surface area contributed by atoms with E-state index in [0.717, 1.165) is 24.1 Å². The van der Waals surface area contributed by atoms with Gasteiger partial charge in [0, 0.05) is 25.4 Å². The second-order valence-electron chi connectivity index (χ2n) is 5.73. The molecule has 1 aromatic heterocycles. The zero-order valence-electron chi connectivity index (χ0n) is 17.0. The second-order valence-corrected chi connectivity index (χ2v) is 5.73. The van der Waals surface area contributed by atoms with Crippen LogP contribution in [0.5, 0.6) is 5.75 Å². The van der Waals surface area contributed by atoms with Crippen LogP contribution in [0.1, 0.15) is 53.9 Å². The molecule has 0 fully saturated rings. The highest BCUT2D eigenvalue weighted by atomic mass is 16.5. The Hall–Kier alpha value is -2.15. The van der Waals surface area contributed by atoms with Gasteiger partial charge in [-0.05, 0) is 38.3 Å². The topological polar surface area (TPSA) is 106 Å². The summed E-state index contributed by atoms with van der Waals surface area (Å²) in [5, 5.41) is 12.5. The van der Waals surface area contributed by atoms with Crippen molar-refractivity contribution in [1.29, 1.82) is 0 Å². The molecule has 0 aliphatic heterocycles. The number of nitrogens with zero attached hydrogens (tertiary/aromatic N) is 3. The minimum atomic E-state index is 0.114. The number of anilines is 2. The van der Waals surface area contributed by atoms with Gasteiger partial charge in [-0.25, -0.2) is 4.98 Å². The fourth-order valence-corrected chi connectivity index (χ4v) is 2.23. The third-order valence-electron chi connectivity index (χ3n) is 3.49. The predicted octanol–water partition coefficient (Wildman–Crippen LogP) is 3.46. The summed E-state index contributed by atoms with van der Waals surface area (Å²) < 4.78 is 5.83. The number of nitrogen functional groups attached to an aromatic ring is 1. The summed E-state index contributed by atoms with van der Waals surface area (Å²) >= 11 is 0. The van der Waals surface area contributed by atoms with Gasteiger partial charge in [-0.1, -0.05) is 27.2 Å². The minimum Gasteiger partial charge on any atom is -0.484 e. The van der Waals surface area contributed by atoms with Gasteiger partial charge < -0.3 is 20.9 Å². The Balaban J connectivity index is 0.00000301. The third kappa shape index (κ3) is 9.36. The van der Waals surface area contributed by atoms with E-state index in [2.05, 4.69) is 27.2 Å². The molecular formula is C19H35N5O2. The molecule has 0 spiro atoms. The monoisotopic (exact) mass is 365 g/mol. The first-order valence-electron chi connectivity index (χ1n) is 9.23. The van der Waals surface area contributed by atoms with E-state index in [9.17, 15) is 5.11 Å². The highest BCUT2D eigenvalue weighted by molar-refractivity contribution is 5.93. The van der Waals surface area contributed by atoms with E-state index in [0.29, 0.717) is 24.6 Å². The number of nitrogens with one attached hydrogen (secondary N) is 1. The lowest BCUT2D eigenvalue weighted by Crippen LogP contribution is -2.22. The molecule has 0 aliphatic carbocycles. The Morgan fingerprint density at radius 1 is 1.38 bits per heavy atom. The largest absolute Gasteiger partial charge is 0.484 e. The van der Waals surface area contributed by atoms with Gasteiger partial charge in [0.1, 0.15) is 6.61 Å². The van der Waals surface area contributed by atoms with Crippen molar-refractivity contribution in [1.82, 2.24) is 9.97 Å². The highest BCUT2D eigenvalue weighted by Gasteiger charge is 2.13. The Kier molecular flexibility index (Phi) is 12.9. The number of aliphatic imine (C=N–C) groups is 1. The molecule has 1 unspecified atom stereocenters. The van der Waals surface area contributed by atoms with Crippen LogP contribution in [-0.2, 0) is 0 Å². The number of hydrogen-bond acceptors (Lipinski definition) is 7. The number of nitrogens with two attached hydrogens (primary N) is 1. The van der Waals surface area contributed by atoms with Crippen molar-refractivity contribution in [3.05, 3.63) is 17.8 Å². The van der Waals surface area contributed by atoms with Gasteiger partial charge in [0.25, 0.3) is 0 Å². The number of allylic oxidation sites excluding steroid dienone is 1. The van der Waals surface area contributed by atoms with E-state index >= 15 is 0 Å². The molecule has 1 aromatic rings. The zero-order chi connectivity index (χ0) is 19.9. The van der Waals surface area contributed by atoms with Crippen LogP contribution in [-0.4, -0.2) is 47.1 Å². The Bertz CT molecular complexity index is 567. The van der Waals surface area contributed by atoms with E-state index in [1.54, 1.807) is 13.2 Å². The van der Waals surface area contributed by atoms with Crippen molar-refractivity contribution in [3.8, 4) is 5.75 Å². The molecule has 1 heterocycles. The molecule has 0 bridgehead atoms. The molecule has 0 radical (unpaired) electrons. The maximum atomic E-state index is 9.20. The van der Waals surface area contributed by atoms with Crippen molar-refractivity contribution in [2.24, 2.45) is 4.99 Å². The van der Waals surface area contributed by atoms with Gasteiger partial charge in [0.15, 0.2) is 11.6 Å². The number of aliphatic hydroxyl groups excluding tert-OH is 1. The van der Waals surface area contributed by atoms with Crippen LogP contribution in [0.25, 0.3) is 0 Å². The van der Waals surface area contributed by atoms with Crippen molar-refractivity contribution in [3.63, 3.8) is 0 Å². The Morgan fingerprint density at radius 3 is 2.65 bits per heavy atom. The van der Waals surface area contributed by atoms with E-state index < -0.39 is 0 Å². The molecule has 0 aliphatic rings. The number of ether oxygens (including phenoxy) is 1. The van der Waals surface area contributed by atoms with Gasteiger partial charge in [-0.2, -0.15) is 4.98 Å². The molecular weight excluding hydrogens is 330 g/mol. The fraction of sp³-hybridized carbons (Fsp3) is 0.632. The van der Waals surface area contributed by atoms with Crippen molar-refractivity contribution in [2.75, 3.05) is 31.3 Å². The van der Waals surface area contributed by atoms with Crippen LogP contribution >= 0.6 is 0 Å². The zero-order valence-corrected chi connectivity index (χ0v) is 17.0. The molecule has 1 rings (SSSR count). The van der Waals surface area contributed by atoms with Gasteiger partial charge in [-0.15, -0.1) is 0 Å². The van der Waals surface area contributed by atoms with Crippen molar-refractivity contribution < 1.29 is 9.84 Å². The Labute approximate surface area is 157 Å². The maximum absolute atomic E-state index is 9.20. The lowest BCUT2D eigenvalue weighted by atomic mass is 10.1. The van der Waals surface area contributed by atoms with Crippen LogP contribution in [0, 0.1) is 0 Å². The SMILES string of the molecule is CC.CCCC(CCO)Nc1nc(N)ncc1OC/C(C)=C/C(C)=NC. The predicted molar refractivity (Wildman–Crippen MR) is 110 cm³/mol. The van der Waals surface area contributed by atoms with E-state index in [1.807, 2.05) is 33.8 Å². The molecule has 0 saturated carbocycles. The van der Waals surface area contributed by atoms with Crippen LogP contribution in [0.15, 0.2) is 22.8 Å². The van der Waals surface area contributed by atoms with E-state index in [-0.39, 0.29) is 18.6 Å². The molecule has 1 atom stereocenters. The number of rotatable bonds is 10. The first kappa shape index (κ1) is 23.9. The van der Waals surface area contributed by atoms with Gasteiger partial charge >= 0.3 is 0 Å². The molecule has 0 amide bonds. The lowest BCUT2D eigenvalue weighted by Gasteiger charge is -2.20. The van der Waals surface area contributed by atoms with Gasteiger partial charge in [0.05, 0.1) is 6.20 Å². The summed E-state index contributed by atoms with van der Waals surface area (Å²) in [6.45, 7) is 10.5. The molecule has 0 aromatic carbocycles. The Morgan fingerprint density at radius 2 is 2.08 bits per heavy atom. The fourth-order valence-electron chi connectivity index (χ4n) is 2.23. The van der Waals surface area contributed by atoms with Gasteiger partial charge in [0.2, 0.25) is 5.95 Å². The maximum Gasteiger partial charge on any atom is 0.222 e. The summed E-state index contributed by atoms with van der Waals surface area (Å²) in [5.41, 5.74) is 7.68. The summed E-state index contributed by atoms with van der Waals surface area (Å²) in [5.74, 6) is 1.29.